The summed E-state index contributed by atoms with van der Waals surface area (Å²) >= 11 is 0. The summed E-state index contributed by atoms with van der Waals surface area (Å²) in [5.41, 5.74) is 2.02. The number of carbonyl (C=O) groups excluding carboxylic acids is 2. The predicted molar refractivity (Wildman–Crippen MR) is 73.5 cm³/mol. The van der Waals surface area contributed by atoms with Crippen molar-refractivity contribution in [3.63, 3.8) is 0 Å². The second kappa shape index (κ2) is 4.92. The molecule has 0 saturated carbocycles. The lowest BCUT2D eigenvalue weighted by atomic mass is 10.1. The normalized spacial score (nSPS) is 13.9. The molecule has 3 rings (SSSR count). The minimum absolute atomic E-state index is 0.187. The van der Waals surface area contributed by atoms with Crippen molar-refractivity contribution in [2.45, 2.75) is 19.8 Å². The Balaban J connectivity index is 1.70. The fourth-order valence-electron chi connectivity index (χ4n) is 2.45. The van der Waals surface area contributed by atoms with Gasteiger partial charge < -0.3 is 4.98 Å². The van der Waals surface area contributed by atoms with Crippen LogP contribution in [0.3, 0.4) is 0 Å². The predicted octanol–water partition coefficient (Wildman–Crippen LogP) is 1.95. The van der Waals surface area contributed by atoms with Crippen molar-refractivity contribution in [3.05, 3.63) is 53.1 Å². The van der Waals surface area contributed by atoms with Gasteiger partial charge in [-0.25, -0.2) is 4.98 Å². The molecule has 102 valence electrons. The second-order valence-electron chi connectivity index (χ2n) is 4.95. The summed E-state index contributed by atoms with van der Waals surface area (Å²) in [5.74, 6) is 0.495. The summed E-state index contributed by atoms with van der Waals surface area (Å²) < 4.78 is 0. The SMILES string of the molecule is Cc1ccc2c(c1)C(=O)N(CCCc1ncc[nH]1)C2=O. The van der Waals surface area contributed by atoms with E-state index in [1.807, 2.05) is 13.0 Å². The third-order valence-electron chi connectivity index (χ3n) is 3.48. The van der Waals surface area contributed by atoms with Gasteiger partial charge in [-0.1, -0.05) is 11.6 Å². The number of aromatic nitrogens is 2. The molecule has 0 spiro atoms. The Morgan fingerprint density at radius 1 is 1.20 bits per heavy atom. The summed E-state index contributed by atoms with van der Waals surface area (Å²) in [5, 5.41) is 0. The first-order valence-corrected chi connectivity index (χ1v) is 6.62. The molecule has 1 aromatic carbocycles. The van der Waals surface area contributed by atoms with Gasteiger partial charge >= 0.3 is 0 Å². The molecule has 20 heavy (non-hydrogen) atoms. The van der Waals surface area contributed by atoms with Crippen LogP contribution < -0.4 is 0 Å². The van der Waals surface area contributed by atoms with Crippen LogP contribution >= 0.6 is 0 Å². The van der Waals surface area contributed by atoms with Gasteiger partial charge in [-0.05, 0) is 25.5 Å². The van der Waals surface area contributed by atoms with Gasteiger partial charge in [-0.2, -0.15) is 0 Å². The topological polar surface area (TPSA) is 66.1 Å². The molecule has 1 aliphatic heterocycles. The van der Waals surface area contributed by atoms with Crippen molar-refractivity contribution in [2.24, 2.45) is 0 Å². The Labute approximate surface area is 116 Å². The molecule has 0 aliphatic carbocycles. The van der Waals surface area contributed by atoms with Gasteiger partial charge in [0, 0.05) is 25.4 Å². The van der Waals surface area contributed by atoms with Crippen LogP contribution in [0.4, 0.5) is 0 Å². The van der Waals surface area contributed by atoms with E-state index in [1.54, 1.807) is 24.5 Å². The maximum absolute atomic E-state index is 12.2. The van der Waals surface area contributed by atoms with E-state index in [0.29, 0.717) is 24.1 Å². The molecule has 1 aliphatic rings. The minimum Gasteiger partial charge on any atom is -0.349 e. The van der Waals surface area contributed by atoms with Crippen LogP contribution in [0.2, 0.25) is 0 Å². The standard InChI is InChI=1S/C15H15N3O2/c1-10-4-5-11-12(9-10)15(20)18(14(11)19)8-2-3-13-16-6-7-17-13/h4-7,9H,2-3,8H2,1H3,(H,16,17). The number of amides is 2. The average molecular weight is 269 g/mol. The number of hydrogen-bond acceptors (Lipinski definition) is 3. The van der Waals surface area contributed by atoms with Crippen LogP contribution in [0.25, 0.3) is 0 Å². The fraction of sp³-hybridized carbons (Fsp3) is 0.267. The molecule has 0 unspecified atom stereocenters. The van der Waals surface area contributed by atoms with Gasteiger partial charge in [0.05, 0.1) is 11.1 Å². The molecule has 2 heterocycles. The van der Waals surface area contributed by atoms with Crippen LogP contribution in [0.5, 0.6) is 0 Å². The van der Waals surface area contributed by atoms with E-state index >= 15 is 0 Å². The van der Waals surface area contributed by atoms with E-state index < -0.39 is 0 Å². The molecule has 0 radical (unpaired) electrons. The largest absolute Gasteiger partial charge is 0.349 e. The molecule has 1 N–H and O–H groups in total. The summed E-state index contributed by atoms with van der Waals surface area (Å²) in [4.78, 5) is 32.9. The highest BCUT2D eigenvalue weighted by atomic mass is 16.2. The molecule has 0 fully saturated rings. The third kappa shape index (κ3) is 2.11. The zero-order chi connectivity index (χ0) is 14.1. The van der Waals surface area contributed by atoms with Crippen LogP contribution in [0.1, 0.15) is 38.5 Å². The highest BCUT2D eigenvalue weighted by Crippen LogP contribution is 2.24. The molecule has 5 nitrogen and oxygen atoms in total. The third-order valence-corrected chi connectivity index (χ3v) is 3.48. The van der Waals surface area contributed by atoms with Crippen molar-refractivity contribution < 1.29 is 9.59 Å². The lowest BCUT2D eigenvalue weighted by Gasteiger charge is -2.12. The van der Waals surface area contributed by atoms with Gasteiger partial charge in [0.2, 0.25) is 0 Å². The van der Waals surface area contributed by atoms with Crippen molar-refractivity contribution in [1.29, 1.82) is 0 Å². The molecule has 1 aromatic heterocycles. The smallest absolute Gasteiger partial charge is 0.261 e. The van der Waals surface area contributed by atoms with E-state index in [4.69, 9.17) is 0 Å². The van der Waals surface area contributed by atoms with Crippen LogP contribution in [0, 0.1) is 6.92 Å². The first-order valence-electron chi connectivity index (χ1n) is 6.62. The first kappa shape index (κ1) is 12.6. The van der Waals surface area contributed by atoms with E-state index in [1.165, 1.54) is 4.90 Å². The number of imidazole rings is 1. The number of H-pyrrole nitrogens is 1. The molecule has 2 amide bonds. The molecular formula is C15H15N3O2. The zero-order valence-corrected chi connectivity index (χ0v) is 11.2. The molecular weight excluding hydrogens is 254 g/mol. The number of carbonyl (C=O) groups is 2. The lowest BCUT2D eigenvalue weighted by Crippen LogP contribution is -2.31. The number of nitrogens with zero attached hydrogens (tertiary/aromatic N) is 2. The van der Waals surface area contributed by atoms with Gasteiger partial charge in [-0.15, -0.1) is 0 Å². The van der Waals surface area contributed by atoms with Crippen LogP contribution in [-0.4, -0.2) is 33.2 Å². The highest BCUT2D eigenvalue weighted by Gasteiger charge is 2.34. The number of imide groups is 1. The summed E-state index contributed by atoms with van der Waals surface area (Å²) in [6, 6.07) is 5.37. The highest BCUT2D eigenvalue weighted by molar-refractivity contribution is 6.21. The fourth-order valence-corrected chi connectivity index (χ4v) is 2.45. The van der Waals surface area contributed by atoms with Crippen molar-refractivity contribution in [1.82, 2.24) is 14.9 Å². The maximum atomic E-state index is 12.2. The van der Waals surface area contributed by atoms with Gasteiger partial charge in [-0.3, -0.25) is 14.5 Å². The quantitative estimate of drug-likeness (QED) is 0.863. The van der Waals surface area contributed by atoms with Gasteiger partial charge in [0.1, 0.15) is 5.82 Å². The first-order chi connectivity index (χ1) is 9.66. The number of aromatic amines is 1. The monoisotopic (exact) mass is 269 g/mol. The summed E-state index contributed by atoms with van der Waals surface area (Å²) in [6.45, 7) is 2.34. The Kier molecular flexibility index (Phi) is 3.10. The van der Waals surface area contributed by atoms with E-state index in [-0.39, 0.29) is 11.8 Å². The number of rotatable bonds is 4. The van der Waals surface area contributed by atoms with Crippen LogP contribution in [0.15, 0.2) is 30.6 Å². The minimum atomic E-state index is -0.190. The van der Waals surface area contributed by atoms with Crippen LogP contribution in [-0.2, 0) is 6.42 Å². The summed E-state index contributed by atoms with van der Waals surface area (Å²) in [7, 11) is 0. The molecule has 0 atom stereocenters. The number of nitrogens with one attached hydrogen (secondary N) is 1. The van der Waals surface area contributed by atoms with Gasteiger partial charge in [0.15, 0.2) is 0 Å². The number of hydrogen-bond donors (Lipinski definition) is 1. The zero-order valence-electron chi connectivity index (χ0n) is 11.2. The molecule has 0 bridgehead atoms. The molecule has 5 heteroatoms. The second-order valence-corrected chi connectivity index (χ2v) is 4.95. The van der Waals surface area contributed by atoms with E-state index in [0.717, 1.165) is 17.8 Å². The number of benzene rings is 1. The Morgan fingerprint density at radius 3 is 2.75 bits per heavy atom. The van der Waals surface area contributed by atoms with Crippen molar-refractivity contribution in [2.75, 3.05) is 6.54 Å². The molecule has 2 aromatic rings. The maximum Gasteiger partial charge on any atom is 0.261 e. The average Bonchev–Trinajstić information content (AvgIpc) is 3.02. The summed E-state index contributed by atoms with van der Waals surface area (Å²) in [6.07, 6.45) is 4.89. The Morgan fingerprint density at radius 2 is 2.00 bits per heavy atom. The Hall–Kier alpha value is -2.43. The van der Waals surface area contributed by atoms with E-state index in [2.05, 4.69) is 9.97 Å². The number of aryl methyl sites for hydroxylation is 2. The van der Waals surface area contributed by atoms with Gasteiger partial charge in [0.25, 0.3) is 11.8 Å². The number of fused-ring (bicyclic) bond motifs is 1. The van der Waals surface area contributed by atoms with E-state index in [9.17, 15) is 9.59 Å². The van der Waals surface area contributed by atoms with Crippen molar-refractivity contribution >= 4 is 11.8 Å². The van der Waals surface area contributed by atoms with Crippen molar-refractivity contribution in [3.8, 4) is 0 Å². The Bertz CT molecular complexity index is 662. The lowest BCUT2D eigenvalue weighted by molar-refractivity contribution is 0.0652. The molecule has 0 saturated heterocycles.